The third-order valence-corrected chi connectivity index (χ3v) is 5.12. The summed E-state index contributed by atoms with van der Waals surface area (Å²) in [5, 5.41) is 4.35. The highest BCUT2D eigenvalue weighted by molar-refractivity contribution is 6.30. The maximum atomic E-state index is 5.99. The Bertz CT molecular complexity index is 379. The van der Waals surface area contributed by atoms with Crippen LogP contribution < -0.4 is 5.32 Å². The van der Waals surface area contributed by atoms with Crippen molar-refractivity contribution in [2.24, 2.45) is 11.8 Å². The van der Waals surface area contributed by atoms with Crippen molar-refractivity contribution in [1.29, 1.82) is 0 Å². The van der Waals surface area contributed by atoms with Gasteiger partial charge in [-0.1, -0.05) is 62.8 Å². The van der Waals surface area contributed by atoms with Gasteiger partial charge in [0.15, 0.2) is 0 Å². The molecule has 1 atom stereocenters. The molecule has 1 fully saturated rings. The minimum atomic E-state index is 0.486. The van der Waals surface area contributed by atoms with E-state index in [4.69, 9.17) is 11.6 Å². The van der Waals surface area contributed by atoms with Crippen molar-refractivity contribution in [3.05, 3.63) is 34.9 Å². The van der Waals surface area contributed by atoms with E-state index in [1.165, 1.54) is 50.5 Å². The molecule has 0 saturated heterocycles. The van der Waals surface area contributed by atoms with E-state index in [1.807, 2.05) is 12.1 Å². The van der Waals surface area contributed by atoms with E-state index in [-0.39, 0.29) is 0 Å². The summed E-state index contributed by atoms with van der Waals surface area (Å²) in [5.74, 6) is 1.76. The van der Waals surface area contributed by atoms with Gasteiger partial charge in [0.25, 0.3) is 0 Å². The number of unbranched alkanes of at least 4 members (excludes halogenated alkanes) is 1. The van der Waals surface area contributed by atoms with E-state index in [2.05, 4.69) is 31.4 Å². The molecule has 1 aliphatic rings. The maximum Gasteiger partial charge on any atom is 0.0406 e. The largest absolute Gasteiger partial charge is 0.313 e. The van der Waals surface area contributed by atoms with Crippen molar-refractivity contribution < 1.29 is 0 Å². The number of benzene rings is 1. The summed E-state index contributed by atoms with van der Waals surface area (Å²) in [6.07, 6.45) is 9.73. The minimum absolute atomic E-state index is 0.486. The first kappa shape index (κ1) is 15.9. The predicted molar refractivity (Wildman–Crippen MR) is 88.2 cm³/mol. The highest BCUT2D eigenvalue weighted by Gasteiger charge is 2.27. The van der Waals surface area contributed by atoms with Crippen LogP contribution in [0.3, 0.4) is 0 Å². The van der Waals surface area contributed by atoms with E-state index < -0.39 is 0 Å². The zero-order valence-electron chi connectivity index (χ0n) is 12.9. The molecule has 1 unspecified atom stereocenters. The van der Waals surface area contributed by atoms with Crippen LogP contribution in [0.2, 0.25) is 5.02 Å². The van der Waals surface area contributed by atoms with Crippen LogP contribution in [0.1, 0.15) is 63.5 Å². The van der Waals surface area contributed by atoms with Gasteiger partial charge in [-0.25, -0.2) is 0 Å². The smallest absolute Gasteiger partial charge is 0.0406 e. The quantitative estimate of drug-likeness (QED) is 0.720. The molecule has 2 rings (SSSR count). The lowest BCUT2D eigenvalue weighted by molar-refractivity contribution is 0.218. The van der Waals surface area contributed by atoms with Gasteiger partial charge in [0.1, 0.15) is 0 Å². The second-order valence-electron chi connectivity index (χ2n) is 6.24. The van der Waals surface area contributed by atoms with Crippen LogP contribution >= 0.6 is 11.6 Å². The molecular formula is C18H28ClN. The second kappa shape index (κ2) is 8.05. The third-order valence-electron chi connectivity index (χ3n) is 4.87. The summed E-state index contributed by atoms with van der Waals surface area (Å²) in [5.41, 5.74) is 1.38. The normalized spacial score (nSPS) is 24.6. The van der Waals surface area contributed by atoms with E-state index in [1.54, 1.807) is 0 Å². The molecular weight excluding hydrogens is 266 g/mol. The van der Waals surface area contributed by atoms with Gasteiger partial charge in [-0.3, -0.25) is 0 Å². The zero-order valence-corrected chi connectivity index (χ0v) is 13.6. The van der Waals surface area contributed by atoms with Gasteiger partial charge in [0.2, 0.25) is 0 Å². The van der Waals surface area contributed by atoms with Crippen molar-refractivity contribution in [2.75, 3.05) is 7.05 Å². The lowest BCUT2D eigenvalue weighted by Gasteiger charge is -2.34. The standard InChI is InChI=1S/C18H28ClN/c1-3-4-5-14-6-8-15(9-7-14)18(20-2)16-10-12-17(19)13-11-16/h10-15,18,20H,3-9H2,1-2H3. The van der Waals surface area contributed by atoms with Crippen molar-refractivity contribution in [3.63, 3.8) is 0 Å². The lowest BCUT2D eigenvalue weighted by atomic mass is 9.75. The van der Waals surface area contributed by atoms with Crippen LogP contribution in [0.15, 0.2) is 24.3 Å². The Morgan fingerprint density at radius 2 is 1.80 bits per heavy atom. The van der Waals surface area contributed by atoms with Crippen LogP contribution in [-0.2, 0) is 0 Å². The molecule has 1 aromatic carbocycles. The fraction of sp³-hybridized carbons (Fsp3) is 0.667. The van der Waals surface area contributed by atoms with E-state index >= 15 is 0 Å². The van der Waals surface area contributed by atoms with Gasteiger partial charge in [0, 0.05) is 11.1 Å². The number of halogens is 1. The molecule has 0 aromatic heterocycles. The molecule has 0 heterocycles. The molecule has 1 aromatic rings. The predicted octanol–water partition coefficient (Wildman–Crippen LogP) is 5.60. The topological polar surface area (TPSA) is 12.0 Å². The Hall–Kier alpha value is -0.530. The summed E-state index contributed by atoms with van der Waals surface area (Å²) in [4.78, 5) is 0. The monoisotopic (exact) mass is 293 g/mol. The van der Waals surface area contributed by atoms with Crippen molar-refractivity contribution in [2.45, 2.75) is 57.9 Å². The van der Waals surface area contributed by atoms with Gasteiger partial charge in [-0.05, 0) is 49.4 Å². The average Bonchev–Trinajstić information content (AvgIpc) is 2.49. The summed E-state index contributed by atoms with van der Waals surface area (Å²) >= 11 is 5.99. The Balaban J connectivity index is 1.91. The Morgan fingerprint density at radius 1 is 1.15 bits per heavy atom. The van der Waals surface area contributed by atoms with Crippen LogP contribution in [0, 0.1) is 11.8 Å². The molecule has 0 radical (unpaired) electrons. The van der Waals surface area contributed by atoms with Crippen molar-refractivity contribution >= 4 is 11.6 Å². The van der Waals surface area contributed by atoms with E-state index in [0.29, 0.717) is 6.04 Å². The molecule has 0 aliphatic heterocycles. The van der Waals surface area contributed by atoms with Crippen LogP contribution in [0.5, 0.6) is 0 Å². The first-order valence-electron chi connectivity index (χ1n) is 8.17. The molecule has 0 bridgehead atoms. The first-order valence-corrected chi connectivity index (χ1v) is 8.55. The first-order chi connectivity index (χ1) is 9.74. The fourth-order valence-corrected chi connectivity index (χ4v) is 3.77. The van der Waals surface area contributed by atoms with Gasteiger partial charge in [0.05, 0.1) is 0 Å². The SMILES string of the molecule is CCCCC1CCC(C(NC)c2ccc(Cl)cc2)CC1. The molecule has 1 saturated carbocycles. The third kappa shape index (κ3) is 4.23. The summed E-state index contributed by atoms with van der Waals surface area (Å²) in [6.45, 7) is 2.29. The summed E-state index contributed by atoms with van der Waals surface area (Å²) in [7, 11) is 2.09. The van der Waals surface area contributed by atoms with Crippen LogP contribution in [-0.4, -0.2) is 7.05 Å². The van der Waals surface area contributed by atoms with Gasteiger partial charge in [-0.15, -0.1) is 0 Å². The number of rotatable bonds is 6. The van der Waals surface area contributed by atoms with Gasteiger partial charge >= 0.3 is 0 Å². The fourth-order valence-electron chi connectivity index (χ4n) is 3.65. The Kier molecular flexibility index (Phi) is 6.38. The molecule has 20 heavy (non-hydrogen) atoms. The molecule has 0 spiro atoms. The van der Waals surface area contributed by atoms with Crippen molar-refractivity contribution in [3.8, 4) is 0 Å². The second-order valence-corrected chi connectivity index (χ2v) is 6.68. The number of hydrogen-bond acceptors (Lipinski definition) is 1. The maximum absolute atomic E-state index is 5.99. The Morgan fingerprint density at radius 3 is 2.35 bits per heavy atom. The van der Waals surface area contributed by atoms with Crippen molar-refractivity contribution in [1.82, 2.24) is 5.32 Å². The van der Waals surface area contributed by atoms with Crippen LogP contribution in [0.4, 0.5) is 0 Å². The highest BCUT2D eigenvalue weighted by Crippen LogP contribution is 2.38. The average molecular weight is 294 g/mol. The molecule has 0 amide bonds. The number of nitrogens with one attached hydrogen (secondary N) is 1. The molecule has 1 aliphatic carbocycles. The lowest BCUT2D eigenvalue weighted by Crippen LogP contribution is -2.28. The molecule has 1 N–H and O–H groups in total. The summed E-state index contributed by atoms with van der Waals surface area (Å²) in [6, 6.07) is 8.85. The van der Waals surface area contributed by atoms with Gasteiger partial charge in [-0.2, -0.15) is 0 Å². The van der Waals surface area contributed by atoms with Gasteiger partial charge < -0.3 is 5.32 Å². The summed E-state index contributed by atoms with van der Waals surface area (Å²) < 4.78 is 0. The molecule has 112 valence electrons. The molecule has 1 nitrogen and oxygen atoms in total. The van der Waals surface area contributed by atoms with E-state index in [0.717, 1.165) is 16.9 Å². The Labute approximate surface area is 129 Å². The van der Waals surface area contributed by atoms with Crippen LogP contribution in [0.25, 0.3) is 0 Å². The van der Waals surface area contributed by atoms with E-state index in [9.17, 15) is 0 Å². The highest BCUT2D eigenvalue weighted by atomic mass is 35.5. The molecule has 2 heteroatoms. The minimum Gasteiger partial charge on any atom is -0.313 e. The zero-order chi connectivity index (χ0) is 14.4. The number of hydrogen-bond donors (Lipinski definition) is 1.